The smallest absolute Gasteiger partial charge is 0.320 e. The summed E-state index contributed by atoms with van der Waals surface area (Å²) < 4.78 is 0. The van der Waals surface area contributed by atoms with E-state index in [-0.39, 0.29) is 5.92 Å². The highest BCUT2D eigenvalue weighted by molar-refractivity contribution is 5.72. The number of hydrogen-bond donors (Lipinski definition) is 1. The van der Waals surface area contributed by atoms with Crippen LogP contribution in [0.5, 0.6) is 0 Å². The Bertz CT molecular complexity index is 157. The molecule has 0 rings (SSSR count). The molecule has 0 aromatic carbocycles. The summed E-state index contributed by atoms with van der Waals surface area (Å²) in [7, 11) is 0. The average molecular weight is 141 g/mol. The van der Waals surface area contributed by atoms with Gasteiger partial charge in [0.1, 0.15) is 5.92 Å². The third-order valence-electron chi connectivity index (χ3n) is 1.16. The van der Waals surface area contributed by atoms with E-state index in [0.29, 0.717) is 6.42 Å². The molecule has 0 aliphatic rings. The molecule has 1 atom stereocenters. The Morgan fingerprint density at radius 3 is 2.30 bits per heavy atom. The van der Waals surface area contributed by atoms with Crippen LogP contribution in [0.2, 0.25) is 0 Å². The molecule has 3 nitrogen and oxygen atoms in total. The van der Waals surface area contributed by atoms with Crippen LogP contribution in [-0.2, 0) is 4.79 Å². The van der Waals surface area contributed by atoms with Gasteiger partial charge in [0.15, 0.2) is 0 Å². The van der Waals surface area contributed by atoms with Crippen LogP contribution in [0, 0.1) is 23.2 Å². The van der Waals surface area contributed by atoms with Crippen LogP contribution in [0.1, 0.15) is 20.3 Å². The van der Waals surface area contributed by atoms with Crippen LogP contribution < -0.4 is 0 Å². The number of carboxylic acids is 1. The van der Waals surface area contributed by atoms with Gasteiger partial charge in [-0.05, 0) is 12.3 Å². The predicted octanol–water partition coefficient (Wildman–Crippen LogP) is 1.26. The van der Waals surface area contributed by atoms with Crippen LogP contribution >= 0.6 is 0 Å². The molecule has 0 saturated carbocycles. The minimum Gasteiger partial charge on any atom is -0.480 e. The zero-order valence-corrected chi connectivity index (χ0v) is 6.16. The third kappa shape index (κ3) is 3.08. The van der Waals surface area contributed by atoms with Gasteiger partial charge in [0.2, 0.25) is 0 Å². The van der Waals surface area contributed by atoms with E-state index in [9.17, 15) is 4.79 Å². The molecule has 0 amide bonds. The highest BCUT2D eigenvalue weighted by Gasteiger charge is 2.16. The molecule has 0 aromatic heterocycles. The summed E-state index contributed by atoms with van der Waals surface area (Å²) in [6.45, 7) is 3.79. The van der Waals surface area contributed by atoms with E-state index >= 15 is 0 Å². The third-order valence-corrected chi connectivity index (χ3v) is 1.16. The van der Waals surface area contributed by atoms with Crippen LogP contribution in [-0.4, -0.2) is 11.1 Å². The van der Waals surface area contributed by atoms with Gasteiger partial charge in [0.25, 0.3) is 0 Å². The van der Waals surface area contributed by atoms with Crippen molar-refractivity contribution in [1.29, 1.82) is 5.26 Å². The number of nitriles is 1. The van der Waals surface area contributed by atoms with E-state index < -0.39 is 11.9 Å². The molecule has 0 unspecified atom stereocenters. The predicted molar refractivity (Wildman–Crippen MR) is 36.2 cm³/mol. The highest BCUT2D eigenvalue weighted by Crippen LogP contribution is 2.10. The normalized spacial score (nSPS) is 12.6. The molecule has 0 fully saturated rings. The Morgan fingerprint density at radius 1 is 1.70 bits per heavy atom. The number of rotatable bonds is 3. The number of carbonyl (C=O) groups is 1. The van der Waals surface area contributed by atoms with Gasteiger partial charge in [0, 0.05) is 0 Å². The van der Waals surface area contributed by atoms with Crippen molar-refractivity contribution in [1.82, 2.24) is 0 Å². The number of hydrogen-bond acceptors (Lipinski definition) is 2. The first-order valence-corrected chi connectivity index (χ1v) is 3.20. The van der Waals surface area contributed by atoms with Crippen molar-refractivity contribution < 1.29 is 9.90 Å². The Balaban J connectivity index is 3.88. The zero-order valence-electron chi connectivity index (χ0n) is 6.16. The molecule has 0 aromatic rings. The van der Waals surface area contributed by atoms with E-state index in [1.54, 1.807) is 6.07 Å². The molecule has 0 saturated heterocycles. The maximum Gasteiger partial charge on any atom is 0.320 e. The summed E-state index contributed by atoms with van der Waals surface area (Å²) in [6.07, 6.45) is 0.436. The molecule has 0 bridgehead atoms. The summed E-state index contributed by atoms with van der Waals surface area (Å²) in [4.78, 5) is 10.2. The Morgan fingerprint density at radius 2 is 2.20 bits per heavy atom. The fourth-order valence-corrected chi connectivity index (χ4v) is 0.680. The second-order valence-corrected chi connectivity index (χ2v) is 2.65. The van der Waals surface area contributed by atoms with Gasteiger partial charge in [-0.25, -0.2) is 0 Å². The minimum absolute atomic E-state index is 0.265. The van der Waals surface area contributed by atoms with Crippen LogP contribution in [0.4, 0.5) is 0 Å². The molecule has 0 aliphatic carbocycles. The largest absolute Gasteiger partial charge is 0.480 e. The van der Waals surface area contributed by atoms with Crippen molar-refractivity contribution in [2.75, 3.05) is 0 Å². The highest BCUT2D eigenvalue weighted by atomic mass is 16.4. The Kier molecular flexibility index (Phi) is 3.48. The van der Waals surface area contributed by atoms with Gasteiger partial charge < -0.3 is 5.11 Å². The topological polar surface area (TPSA) is 61.1 Å². The maximum atomic E-state index is 10.2. The van der Waals surface area contributed by atoms with E-state index in [0.717, 1.165) is 0 Å². The second-order valence-electron chi connectivity index (χ2n) is 2.65. The molecular weight excluding hydrogens is 130 g/mol. The SMILES string of the molecule is CC(C)C[C@H](C#N)C(=O)O. The molecule has 1 N–H and O–H groups in total. The van der Waals surface area contributed by atoms with Crippen molar-refractivity contribution in [2.24, 2.45) is 11.8 Å². The molecule has 0 heterocycles. The van der Waals surface area contributed by atoms with E-state index in [1.165, 1.54) is 0 Å². The molecule has 10 heavy (non-hydrogen) atoms. The number of carboxylic acid groups (broad SMARTS) is 1. The average Bonchev–Trinajstić information content (AvgIpc) is 1.81. The van der Waals surface area contributed by atoms with Gasteiger partial charge in [-0.15, -0.1) is 0 Å². The Hall–Kier alpha value is -1.04. The van der Waals surface area contributed by atoms with Gasteiger partial charge in [-0.1, -0.05) is 13.8 Å². The van der Waals surface area contributed by atoms with Crippen molar-refractivity contribution >= 4 is 5.97 Å². The number of nitrogens with zero attached hydrogens (tertiary/aromatic N) is 1. The monoisotopic (exact) mass is 141 g/mol. The summed E-state index contributed by atoms with van der Waals surface area (Å²) in [5.41, 5.74) is 0. The van der Waals surface area contributed by atoms with Gasteiger partial charge in [-0.3, -0.25) is 4.79 Å². The van der Waals surface area contributed by atoms with E-state index in [1.807, 2.05) is 13.8 Å². The summed E-state index contributed by atoms with van der Waals surface area (Å²) in [6, 6.07) is 1.73. The molecule has 0 spiro atoms. The minimum atomic E-state index is -1.02. The quantitative estimate of drug-likeness (QED) is 0.643. The number of aliphatic carboxylic acids is 1. The lowest BCUT2D eigenvalue weighted by atomic mass is 9.99. The lowest BCUT2D eigenvalue weighted by molar-refractivity contribution is -0.140. The Labute approximate surface area is 60.3 Å². The molecule has 0 aliphatic heterocycles. The standard InChI is InChI=1S/C7H11NO2/c1-5(2)3-6(4-8)7(9)10/h5-6H,3H2,1-2H3,(H,9,10)/t6-/m1/s1. The molecule has 3 heteroatoms. The molecular formula is C7H11NO2. The fraction of sp³-hybridized carbons (Fsp3) is 0.714. The first-order valence-electron chi connectivity index (χ1n) is 3.20. The summed E-state index contributed by atoms with van der Waals surface area (Å²) in [5.74, 6) is -1.59. The van der Waals surface area contributed by atoms with Crippen molar-refractivity contribution in [2.45, 2.75) is 20.3 Å². The fourth-order valence-electron chi connectivity index (χ4n) is 0.680. The molecule has 56 valence electrons. The molecule has 0 radical (unpaired) electrons. The summed E-state index contributed by atoms with van der Waals surface area (Å²) >= 11 is 0. The second kappa shape index (κ2) is 3.89. The zero-order chi connectivity index (χ0) is 8.15. The maximum absolute atomic E-state index is 10.2. The van der Waals surface area contributed by atoms with Gasteiger partial charge in [0.05, 0.1) is 6.07 Å². The van der Waals surface area contributed by atoms with Crippen LogP contribution in [0.25, 0.3) is 0 Å². The van der Waals surface area contributed by atoms with Crippen LogP contribution in [0.15, 0.2) is 0 Å². The van der Waals surface area contributed by atoms with Crippen molar-refractivity contribution in [3.8, 4) is 6.07 Å². The van der Waals surface area contributed by atoms with Gasteiger partial charge >= 0.3 is 5.97 Å². The van der Waals surface area contributed by atoms with Crippen molar-refractivity contribution in [3.05, 3.63) is 0 Å². The summed E-state index contributed by atoms with van der Waals surface area (Å²) in [5, 5.41) is 16.7. The van der Waals surface area contributed by atoms with Crippen molar-refractivity contribution in [3.63, 3.8) is 0 Å². The lowest BCUT2D eigenvalue weighted by Gasteiger charge is -2.05. The lowest BCUT2D eigenvalue weighted by Crippen LogP contribution is -2.13. The van der Waals surface area contributed by atoms with E-state index in [4.69, 9.17) is 10.4 Å². The van der Waals surface area contributed by atoms with Crippen LogP contribution in [0.3, 0.4) is 0 Å². The van der Waals surface area contributed by atoms with Gasteiger partial charge in [-0.2, -0.15) is 5.26 Å². The first-order chi connectivity index (χ1) is 4.57. The first kappa shape index (κ1) is 8.96. The van der Waals surface area contributed by atoms with E-state index in [2.05, 4.69) is 0 Å².